The molecule has 16 heavy (non-hydrogen) atoms. The number of primary sulfonamides is 1. The van der Waals surface area contributed by atoms with E-state index in [9.17, 15) is 8.42 Å². The molecule has 1 aromatic rings. The molecule has 0 spiro atoms. The maximum Gasteiger partial charge on any atom is 0.249 e. The van der Waals surface area contributed by atoms with Crippen molar-refractivity contribution in [2.24, 2.45) is 11.1 Å². The van der Waals surface area contributed by atoms with Crippen LogP contribution in [0.25, 0.3) is 0 Å². The quantitative estimate of drug-likeness (QED) is 0.851. The molecule has 2 atom stereocenters. The number of thiazole rings is 1. The molecule has 2 N–H and O–H groups in total. The van der Waals surface area contributed by atoms with Gasteiger partial charge in [-0.05, 0) is 25.2 Å². The summed E-state index contributed by atoms with van der Waals surface area (Å²) in [6.07, 6.45) is 5.09. The molecule has 88 valence electrons. The first-order chi connectivity index (χ1) is 7.54. The summed E-state index contributed by atoms with van der Waals surface area (Å²) < 4.78 is 22.5. The highest BCUT2D eigenvalue weighted by Crippen LogP contribution is 2.41. The van der Waals surface area contributed by atoms with Crippen LogP contribution in [0.3, 0.4) is 0 Å². The van der Waals surface area contributed by atoms with Crippen LogP contribution in [0.1, 0.15) is 19.3 Å². The Balaban J connectivity index is 1.88. The molecule has 0 aromatic carbocycles. The van der Waals surface area contributed by atoms with Gasteiger partial charge in [-0.1, -0.05) is 11.3 Å². The minimum atomic E-state index is -3.60. The van der Waals surface area contributed by atoms with Crippen LogP contribution in [0, 0.1) is 5.92 Å². The van der Waals surface area contributed by atoms with Gasteiger partial charge in [0, 0.05) is 12.6 Å². The van der Waals surface area contributed by atoms with Crippen LogP contribution in [0.2, 0.25) is 0 Å². The van der Waals surface area contributed by atoms with Gasteiger partial charge < -0.3 is 4.90 Å². The normalized spacial score (nSPS) is 28.9. The first-order valence-corrected chi connectivity index (χ1v) is 7.65. The molecule has 7 heteroatoms. The van der Waals surface area contributed by atoms with Crippen LogP contribution in [-0.2, 0) is 10.0 Å². The van der Waals surface area contributed by atoms with E-state index in [1.807, 2.05) is 0 Å². The molecule has 2 heterocycles. The topological polar surface area (TPSA) is 76.3 Å². The minimum absolute atomic E-state index is 0.158. The summed E-state index contributed by atoms with van der Waals surface area (Å²) >= 11 is 1.18. The largest absolute Gasteiger partial charge is 0.345 e. The third kappa shape index (κ3) is 1.63. The third-order valence-corrected chi connectivity index (χ3v) is 5.85. The Morgan fingerprint density at radius 1 is 1.50 bits per heavy atom. The first-order valence-electron chi connectivity index (χ1n) is 5.29. The number of hydrogen-bond acceptors (Lipinski definition) is 5. The van der Waals surface area contributed by atoms with E-state index in [1.165, 1.54) is 36.8 Å². The summed E-state index contributed by atoms with van der Waals surface area (Å²) in [5.41, 5.74) is 0. The molecule has 1 aliphatic carbocycles. The number of sulfonamides is 1. The Bertz CT molecular complexity index is 511. The molecule has 5 nitrogen and oxygen atoms in total. The molecule has 1 aromatic heterocycles. The van der Waals surface area contributed by atoms with Crippen LogP contribution in [0.4, 0.5) is 5.13 Å². The lowest BCUT2D eigenvalue weighted by Crippen LogP contribution is -2.31. The van der Waals surface area contributed by atoms with Gasteiger partial charge in [0.1, 0.15) is 0 Å². The van der Waals surface area contributed by atoms with Gasteiger partial charge in [-0.2, -0.15) is 0 Å². The molecule has 2 fully saturated rings. The fraction of sp³-hybridized carbons (Fsp3) is 0.667. The third-order valence-electron chi connectivity index (χ3n) is 3.41. The highest BCUT2D eigenvalue weighted by Gasteiger charge is 2.39. The molecular formula is C9H13N3O2S2. The SMILES string of the molecule is NS(=O)(=O)c1cnc(N2CC3CCC2C3)s1. The Morgan fingerprint density at radius 3 is 2.81 bits per heavy atom. The van der Waals surface area contributed by atoms with Gasteiger partial charge in [0.05, 0.1) is 6.20 Å². The van der Waals surface area contributed by atoms with Crippen LogP contribution < -0.4 is 10.0 Å². The van der Waals surface area contributed by atoms with Crippen molar-refractivity contribution in [1.29, 1.82) is 0 Å². The summed E-state index contributed by atoms with van der Waals surface area (Å²) in [7, 11) is -3.60. The van der Waals surface area contributed by atoms with E-state index in [-0.39, 0.29) is 4.21 Å². The lowest BCUT2D eigenvalue weighted by molar-refractivity contribution is 0.553. The van der Waals surface area contributed by atoms with Crippen LogP contribution in [0.5, 0.6) is 0 Å². The average Bonchev–Trinajstić information content (AvgIpc) is 2.92. The Hall–Kier alpha value is -0.660. The van der Waals surface area contributed by atoms with Crippen LogP contribution >= 0.6 is 11.3 Å². The molecule has 0 amide bonds. The second kappa shape index (κ2) is 3.41. The summed E-state index contributed by atoms with van der Waals surface area (Å²) in [6.45, 7) is 1.02. The van der Waals surface area contributed by atoms with E-state index in [1.54, 1.807) is 0 Å². The van der Waals surface area contributed by atoms with Crippen LogP contribution in [0.15, 0.2) is 10.4 Å². The highest BCUT2D eigenvalue weighted by atomic mass is 32.2. The zero-order valence-corrected chi connectivity index (χ0v) is 10.3. The number of piperidine rings is 1. The second-order valence-electron chi connectivity index (χ2n) is 4.49. The Morgan fingerprint density at radius 2 is 2.31 bits per heavy atom. The van der Waals surface area contributed by atoms with Crippen molar-refractivity contribution in [2.45, 2.75) is 29.5 Å². The standard InChI is InChI=1S/C9H13N3O2S2/c10-16(13,14)8-4-11-9(15-8)12-5-6-1-2-7(12)3-6/h4,6-7H,1-3,5H2,(H2,10,13,14). The summed E-state index contributed by atoms with van der Waals surface area (Å²) in [4.78, 5) is 6.40. The number of nitrogens with zero attached hydrogens (tertiary/aromatic N) is 2. The van der Waals surface area contributed by atoms with E-state index in [4.69, 9.17) is 5.14 Å². The maximum absolute atomic E-state index is 11.2. The lowest BCUT2D eigenvalue weighted by atomic mass is 10.1. The summed E-state index contributed by atoms with van der Waals surface area (Å²) in [6, 6.07) is 0.560. The van der Waals surface area contributed by atoms with Crippen molar-refractivity contribution < 1.29 is 8.42 Å². The van der Waals surface area contributed by atoms with Gasteiger partial charge in [0.2, 0.25) is 10.0 Å². The average molecular weight is 259 g/mol. The van der Waals surface area contributed by atoms with E-state index in [0.717, 1.165) is 17.6 Å². The predicted octanol–water partition coefficient (Wildman–Crippen LogP) is 0.779. The van der Waals surface area contributed by atoms with Crippen molar-refractivity contribution in [2.75, 3.05) is 11.4 Å². The zero-order valence-electron chi connectivity index (χ0n) is 8.67. The number of nitrogens with two attached hydrogens (primary N) is 1. The lowest BCUT2D eigenvalue weighted by Gasteiger charge is -2.26. The maximum atomic E-state index is 11.2. The number of aromatic nitrogens is 1. The van der Waals surface area contributed by atoms with E-state index in [2.05, 4.69) is 9.88 Å². The van der Waals surface area contributed by atoms with E-state index >= 15 is 0 Å². The van der Waals surface area contributed by atoms with Gasteiger partial charge in [-0.15, -0.1) is 0 Å². The summed E-state index contributed by atoms with van der Waals surface area (Å²) in [5, 5.41) is 5.87. The first kappa shape index (κ1) is 10.5. The predicted molar refractivity (Wildman–Crippen MR) is 62.0 cm³/mol. The van der Waals surface area contributed by atoms with Gasteiger partial charge >= 0.3 is 0 Å². The Kier molecular flexibility index (Phi) is 2.24. The number of hydrogen-bond donors (Lipinski definition) is 1. The Labute approximate surface area is 98.3 Å². The number of anilines is 1. The second-order valence-corrected chi connectivity index (χ2v) is 7.29. The van der Waals surface area contributed by atoms with Crippen molar-refractivity contribution in [1.82, 2.24) is 4.98 Å². The molecule has 3 rings (SSSR count). The van der Waals surface area contributed by atoms with E-state index < -0.39 is 10.0 Å². The van der Waals surface area contributed by atoms with Gasteiger partial charge in [0.15, 0.2) is 9.34 Å². The van der Waals surface area contributed by atoms with Crippen LogP contribution in [-0.4, -0.2) is 26.0 Å². The fourth-order valence-corrected chi connectivity index (χ4v) is 4.29. The fourth-order valence-electron chi connectivity index (χ4n) is 2.67. The molecule has 1 aliphatic heterocycles. The van der Waals surface area contributed by atoms with Crippen molar-refractivity contribution in [3.05, 3.63) is 6.20 Å². The summed E-state index contributed by atoms with van der Waals surface area (Å²) in [5.74, 6) is 0.770. The molecular weight excluding hydrogens is 246 g/mol. The van der Waals surface area contributed by atoms with E-state index in [0.29, 0.717) is 6.04 Å². The van der Waals surface area contributed by atoms with Gasteiger partial charge in [-0.3, -0.25) is 0 Å². The van der Waals surface area contributed by atoms with Crippen molar-refractivity contribution in [3.8, 4) is 0 Å². The van der Waals surface area contributed by atoms with Crippen molar-refractivity contribution >= 4 is 26.5 Å². The smallest absolute Gasteiger partial charge is 0.249 e. The highest BCUT2D eigenvalue weighted by molar-refractivity contribution is 7.91. The molecule has 1 saturated carbocycles. The number of rotatable bonds is 2. The van der Waals surface area contributed by atoms with Gasteiger partial charge in [-0.25, -0.2) is 18.5 Å². The number of fused-ring (bicyclic) bond motifs is 2. The van der Waals surface area contributed by atoms with Gasteiger partial charge in [0.25, 0.3) is 0 Å². The molecule has 1 saturated heterocycles. The van der Waals surface area contributed by atoms with Crippen molar-refractivity contribution in [3.63, 3.8) is 0 Å². The minimum Gasteiger partial charge on any atom is -0.345 e. The molecule has 2 aliphatic rings. The molecule has 0 radical (unpaired) electrons. The molecule has 2 bridgehead atoms. The molecule has 2 unspecified atom stereocenters. The monoisotopic (exact) mass is 259 g/mol. The zero-order chi connectivity index (χ0) is 11.3.